The summed E-state index contributed by atoms with van der Waals surface area (Å²) in [6.45, 7) is 1.99. The summed E-state index contributed by atoms with van der Waals surface area (Å²) in [5, 5.41) is 4.26. The Bertz CT molecular complexity index is 206. The lowest BCUT2D eigenvalue weighted by Crippen LogP contribution is -2.39. The first-order valence-electron chi connectivity index (χ1n) is 4.88. The number of methoxy groups -OCH3 is 1. The van der Waals surface area contributed by atoms with Crippen LogP contribution < -0.4 is 5.32 Å². The molecule has 3 nitrogen and oxygen atoms in total. The van der Waals surface area contributed by atoms with Gasteiger partial charge < -0.3 is 15.0 Å². The topological polar surface area (TPSA) is 24.5 Å². The molecule has 1 saturated carbocycles. The molecule has 1 N–H and O–H groups in total. The summed E-state index contributed by atoms with van der Waals surface area (Å²) in [6, 6.07) is 0.661. The molecule has 1 unspecified atom stereocenters. The molecule has 1 heterocycles. The van der Waals surface area contributed by atoms with Crippen molar-refractivity contribution in [3.63, 3.8) is 0 Å². The van der Waals surface area contributed by atoms with E-state index >= 15 is 0 Å². The van der Waals surface area contributed by atoms with Gasteiger partial charge in [-0.25, -0.2) is 0 Å². The van der Waals surface area contributed by atoms with Gasteiger partial charge in [0.2, 0.25) is 0 Å². The summed E-state index contributed by atoms with van der Waals surface area (Å²) in [6.07, 6.45) is 4.03. The average molecular weight is 200 g/mol. The highest BCUT2D eigenvalue weighted by Crippen LogP contribution is 2.20. The van der Waals surface area contributed by atoms with Crippen molar-refractivity contribution in [1.82, 2.24) is 10.2 Å². The number of thiocarbonyl (C=S) groups is 1. The molecule has 2 fully saturated rings. The second kappa shape index (κ2) is 3.80. The lowest BCUT2D eigenvalue weighted by atomic mass is 10.3. The van der Waals surface area contributed by atoms with Gasteiger partial charge in [-0.15, -0.1) is 0 Å². The van der Waals surface area contributed by atoms with Crippen molar-refractivity contribution in [3.05, 3.63) is 0 Å². The smallest absolute Gasteiger partial charge is 0.169 e. The molecule has 0 aromatic heterocycles. The zero-order valence-corrected chi connectivity index (χ0v) is 8.77. The van der Waals surface area contributed by atoms with Gasteiger partial charge in [-0.2, -0.15) is 0 Å². The van der Waals surface area contributed by atoms with Crippen molar-refractivity contribution in [3.8, 4) is 0 Å². The van der Waals surface area contributed by atoms with Gasteiger partial charge in [0.25, 0.3) is 0 Å². The van der Waals surface area contributed by atoms with E-state index in [2.05, 4.69) is 10.2 Å². The first-order valence-corrected chi connectivity index (χ1v) is 5.28. The summed E-state index contributed by atoms with van der Waals surface area (Å²) in [5.74, 6) is 0. The molecule has 2 rings (SSSR count). The van der Waals surface area contributed by atoms with Crippen molar-refractivity contribution in [2.24, 2.45) is 0 Å². The number of nitrogens with zero attached hydrogens (tertiary/aromatic N) is 1. The van der Waals surface area contributed by atoms with E-state index in [9.17, 15) is 0 Å². The predicted octanol–water partition coefficient (Wildman–Crippen LogP) is 0.744. The number of nitrogens with one attached hydrogen (secondary N) is 1. The summed E-state index contributed by atoms with van der Waals surface area (Å²) in [5.41, 5.74) is 0. The van der Waals surface area contributed by atoms with Crippen LogP contribution in [0.25, 0.3) is 0 Å². The van der Waals surface area contributed by atoms with Crippen LogP contribution in [0.15, 0.2) is 0 Å². The van der Waals surface area contributed by atoms with Crippen LogP contribution >= 0.6 is 12.2 Å². The number of likely N-dealkylation sites (tertiary alicyclic amines) is 1. The van der Waals surface area contributed by atoms with Gasteiger partial charge in [-0.05, 0) is 31.5 Å². The van der Waals surface area contributed by atoms with Crippen LogP contribution in [0.3, 0.4) is 0 Å². The van der Waals surface area contributed by atoms with E-state index in [1.54, 1.807) is 7.11 Å². The Morgan fingerprint density at radius 2 is 2.23 bits per heavy atom. The largest absolute Gasteiger partial charge is 0.380 e. The quantitative estimate of drug-likeness (QED) is 0.665. The Morgan fingerprint density at radius 3 is 2.77 bits per heavy atom. The molecule has 1 atom stereocenters. The highest BCUT2D eigenvalue weighted by atomic mass is 32.1. The second-order valence-corrected chi connectivity index (χ2v) is 4.20. The molecular formula is C9H16N2OS. The van der Waals surface area contributed by atoms with Crippen molar-refractivity contribution in [1.29, 1.82) is 0 Å². The normalized spacial score (nSPS) is 27.8. The van der Waals surface area contributed by atoms with Crippen LogP contribution in [0.4, 0.5) is 0 Å². The maximum absolute atomic E-state index is 5.29. The van der Waals surface area contributed by atoms with E-state index in [-0.39, 0.29) is 0 Å². The van der Waals surface area contributed by atoms with Gasteiger partial charge in [0.05, 0.1) is 6.10 Å². The highest BCUT2D eigenvalue weighted by Gasteiger charge is 2.28. The Kier molecular flexibility index (Phi) is 2.69. The van der Waals surface area contributed by atoms with Crippen LogP contribution in [0.1, 0.15) is 19.3 Å². The third-order valence-electron chi connectivity index (χ3n) is 2.67. The molecule has 4 heteroatoms. The van der Waals surface area contributed by atoms with E-state index in [1.807, 2.05) is 0 Å². The van der Waals surface area contributed by atoms with E-state index in [1.165, 1.54) is 12.8 Å². The minimum absolute atomic E-state index is 0.374. The summed E-state index contributed by atoms with van der Waals surface area (Å²) in [4.78, 5) is 2.21. The molecule has 0 aromatic rings. The molecular weight excluding hydrogens is 184 g/mol. The Morgan fingerprint density at radius 1 is 1.46 bits per heavy atom. The van der Waals surface area contributed by atoms with Crippen LogP contribution in [0.5, 0.6) is 0 Å². The molecule has 13 heavy (non-hydrogen) atoms. The van der Waals surface area contributed by atoms with Crippen LogP contribution in [-0.4, -0.2) is 42.4 Å². The number of hydrogen-bond acceptors (Lipinski definition) is 2. The van der Waals surface area contributed by atoms with Gasteiger partial charge in [0.1, 0.15) is 0 Å². The lowest BCUT2D eigenvalue weighted by molar-refractivity contribution is 0.114. The number of rotatable bonds is 2. The standard InChI is InChI=1S/C9H16N2OS/c1-12-8-4-5-11(6-8)9(13)10-7-2-3-7/h7-8H,2-6H2,1H3,(H,10,13). The van der Waals surface area contributed by atoms with E-state index in [4.69, 9.17) is 17.0 Å². The average Bonchev–Trinajstić information content (AvgIpc) is 2.82. The zero-order chi connectivity index (χ0) is 9.26. The molecule has 0 spiro atoms. The molecule has 1 saturated heterocycles. The third-order valence-corrected chi connectivity index (χ3v) is 3.05. The van der Waals surface area contributed by atoms with E-state index in [0.717, 1.165) is 24.6 Å². The second-order valence-electron chi connectivity index (χ2n) is 3.82. The first kappa shape index (κ1) is 9.21. The zero-order valence-electron chi connectivity index (χ0n) is 7.95. The molecule has 0 aromatic carbocycles. The molecule has 0 amide bonds. The van der Waals surface area contributed by atoms with E-state index in [0.29, 0.717) is 12.1 Å². The highest BCUT2D eigenvalue weighted by molar-refractivity contribution is 7.80. The number of ether oxygens (including phenoxy) is 1. The maximum atomic E-state index is 5.29. The summed E-state index contributed by atoms with van der Waals surface area (Å²) in [7, 11) is 1.77. The maximum Gasteiger partial charge on any atom is 0.169 e. The van der Waals surface area contributed by atoms with Gasteiger partial charge in [-0.3, -0.25) is 0 Å². The number of hydrogen-bond donors (Lipinski definition) is 1. The predicted molar refractivity (Wildman–Crippen MR) is 55.7 cm³/mol. The fourth-order valence-corrected chi connectivity index (χ4v) is 1.93. The Hall–Kier alpha value is -0.350. The fraction of sp³-hybridized carbons (Fsp3) is 0.889. The first-order chi connectivity index (χ1) is 6.29. The van der Waals surface area contributed by atoms with Crippen LogP contribution in [-0.2, 0) is 4.74 Å². The third kappa shape index (κ3) is 2.31. The molecule has 1 aliphatic carbocycles. The summed E-state index contributed by atoms with van der Waals surface area (Å²) < 4.78 is 5.28. The van der Waals surface area contributed by atoms with Crippen molar-refractivity contribution in [2.45, 2.75) is 31.4 Å². The lowest BCUT2D eigenvalue weighted by Gasteiger charge is -2.19. The SMILES string of the molecule is COC1CCN(C(=S)NC2CC2)C1. The summed E-state index contributed by atoms with van der Waals surface area (Å²) >= 11 is 5.29. The monoisotopic (exact) mass is 200 g/mol. The van der Waals surface area contributed by atoms with Gasteiger partial charge in [-0.1, -0.05) is 0 Å². The Labute approximate surface area is 84.4 Å². The van der Waals surface area contributed by atoms with E-state index < -0.39 is 0 Å². The molecule has 74 valence electrons. The van der Waals surface area contributed by atoms with Crippen molar-refractivity contribution in [2.75, 3.05) is 20.2 Å². The minimum Gasteiger partial charge on any atom is -0.380 e. The molecule has 1 aliphatic heterocycles. The molecule has 2 aliphatic rings. The van der Waals surface area contributed by atoms with Crippen molar-refractivity contribution < 1.29 is 4.74 Å². The molecule has 0 radical (unpaired) electrons. The van der Waals surface area contributed by atoms with Gasteiger partial charge in [0.15, 0.2) is 5.11 Å². The minimum atomic E-state index is 0.374. The molecule has 0 bridgehead atoms. The Balaban J connectivity index is 1.77. The van der Waals surface area contributed by atoms with Crippen LogP contribution in [0.2, 0.25) is 0 Å². The fourth-order valence-electron chi connectivity index (χ4n) is 1.60. The van der Waals surface area contributed by atoms with Crippen LogP contribution in [0, 0.1) is 0 Å². The van der Waals surface area contributed by atoms with Crippen molar-refractivity contribution >= 4 is 17.3 Å². The van der Waals surface area contributed by atoms with Gasteiger partial charge >= 0.3 is 0 Å². The van der Waals surface area contributed by atoms with Gasteiger partial charge in [0, 0.05) is 26.2 Å².